The van der Waals surface area contributed by atoms with Crippen LogP contribution in [0, 0.1) is 0 Å². The number of carbonyl (C=O) groups is 2. The zero-order valence-electron chi connectivity index (χ0n) is 14.4. The van der Waals surface area contributed by atoms with Crippen molar-refractivity contribution in [2.75, 3.05) is 13.1 Å². The fourth-order valence-electron chi connectivity index (χ4n) is 2.76. The highest BCUT2D eigenvalue weighted by Crippen LogP contribution is 2.19. The fraction of sp³-hybridized carbons (Fsp3) is 0.438. The molecule has 1 saturated heterocycles. The summed E-state index contributed by atoms with van der Waals surface area (Å²) in [5.41, 5.74) is 1.22. The van der Waals surface area contributed by atoms with Crippen molar-refractivity contribution >= 4 is 24.2 Å². The van der Waals surface area contributed by atoms with Gasteiger partial charge in [-0.2, -0.15) is 0 Å². The molecule has 0 saturated carbocycles. The Morgan fingerprint density at radius 2 is 2.08 bits per heavy atom. The number of amides is 2. The minimum Gasteiger partial charge on any atom is -0.355 e. The van der Waals surface area contributed by atoms with E-state index in [0.717, 1.165) is 0 Å². The van der Waals surface area contributed by atoms with Crippen LogP contribution in [0.15, 0.2) is 30.7 Å². The lowest BCUT2D eigenvalue weighted by Crippen LogP contribution is -2.40. The highest BCUT2D eigenvalue weighted by molar-refractivity contribution is 5.93. The van der Waals surface area contributed by atoms with Crippen molar-refractivity contribution in [3.63, 3.8) is 0 Å². The Morgan fingerprint density at radius 1 is 1.31 bits per heavy atom. The standard InChI is InChI=1S/C16H21N7O2.ClH/c1-2-18-16(25)14-7-13(9-19-14)23-10-12(21-22-23)8-20-15(24)11-3-5-17-6-4-11;/h3-6,10,13-14,19H,2,7-9H2,1H3,(H,18,25)(H,20,24);1H/t13-,14-;/m0./s1. The maximum atomic E-state index is 12.0. The van der Waals surface area contributed by atoms with Crippen molar-refractivity contribution in [3.8, 4) is 0 Å². The molecule has 140 valence electrons. The van der Waals surface area contributed by atoms with Gasteiger partial charge >= 0.3 is 0 Å². The molecule has 0 radical (unpaired) electrons. The topological polar surface area (TPSA) is 114 Å². The van der Waals surface area contributed by atoms with Gasteiger partial charge in [-0.25, -0.2) is 4.68 Å². The van der Waals surface area contributed by atoms with E-state index in [2.05, 4.69) is 31.2 Å². The van der Waals surface area contributed by atoms with Crippen LogP contribution in [-0.2, 0) is 11.3 Å². The van der Waals surface area contributed by atoms with Crippen LogP contribution in [0.25, 0.3) is 0 Å². The summed E-state index contributed by atoms with van der Waals surface area (Å²) in [6.45, 7) is 3.47. The SMILES string of the molecule is CCNC(=O)[C@@H]1C[C@H](n2cc(CNC(=O)c3ccncc3)nn2)CN1.Cl. The maximum Gasteiger partial charge on any atom is 0.251 e. The first kappa shape index (κ1) is 19.8. The van der Waals surface area contributed by atoms with Crippen LogP contribution in [0.5, 0.6) is 0 Å². The molecule has 0 spiro atoms. The molecule has 3 rings (SSSR count). The zero-order valence-corrected chi connectivity index (χ0v) is 15.2. The molecule has 2 atom stereocenters. The first-order valence-corrected chi connectivity index (χ1v) is 8.27. The molecule has 0 aromatic carbocycles. The van der Waals surface area contributed by atoms with Crippen molar-refractivity contribution in [3.05, 3.63) is 42.0 Å². The van der Waals surface area contributed by atoms with E-state index >= 15 is 0 Å². The average Bonchev–Trinajstić information content (AvgIpc) is 3.30. The minimum absolute atomic E-state index is 0. The Labute approximate surface area is 157 Å². The smallest absolute Gasteiger partial charge is 0.251 e. The fourth-order valence-corrected chi connectivity index (χ4v) is 2.76. The van der Waals surface area contributed by atoms with Crippen LogP contribution >= 0.6 is 12.4 Å². The summed E-state index contributed by atoms with van der Waals surface area (Å²) >= 11 is 0. The van der Waals surface area contributed by atoms with E-state index in [0.29, 0.717) is 37.3 Å². The molecule has 0 unspecified atom stereocenters. The van der Waals surface area contributed by atoms with E-state index in [4.69, 9.17) is 0 Å². The highest BCUT2D eigenvalue weighted by atomic mass is 35.5. The molecule has 1 aliphatic rings. The van der Waals surface area contributed by atoms with Crippen molar-refractivity contribution < 1.29 is 9.59 Å². The van der Waals surface area contributed by atoms with Gasteiger partial charge in [-0.05, 0) is 25.5 Å². The quantitative estimate of drug-likeness (QED) is 0.654. The second-order valence-corrected chi connectivity index (χ2v) is 5.85. The maximum absolute atomic E-state index is 12.0. The Morgan fingerprint density at radius 3 is 2.81 bits per heavy atom. The normalized spacial score (nSPS) is 18.8. The van der Waals surface area contributed by atoms with Gasteiger partial charge in [0.25, 0.3) is 5.91 Å². The molecule has 0 aliphatic carbocycles. The molecule has 1 aliphatic heterocycles. The highest BCUT2D eigenvalue weighted by Gasteiger charge is 2.30. The van der Waals surface area contributed by atoms with E-state index in [1.54, 1.807) is 35.4 Å². The Hall–Kier alpha value is -2.52. The number of nitrogens with zero attached hydrogens (tertiary/aromatic N) is 4. The average molecular weight is 380 g/mol. The van der Waals surface area contributed by atoms with Gasteiger partial charge in [-0.15, -0.1) is 17.5 Å². The number of hydrogen-bond acceptors (Lipinski definition) is 6. The van der Waals surface area contributed by atoms with Gasteiger partial charge in [-0.3, -0.25) is 14.6 Å². The van der Waals surface area contributed by atoms with Gasteiger partial charge in [0.05, 0.1) is 24.8 Å². The van der Waals surface area contributed by atoms with E-state index in [9.17, 15) is 9.59 Å². The van der Waals surface area contributed by atoms with Crippen LogP contribution in [0.4, 0.5) is 0 Å². The molecule has 3 heterocycles. The van der Waals surface area contributed by atoms with Gasteiger partial charge in [0.1, 0.15) is 5.69 Å². The number of pyridine rings is 1. The predicted octanol–water partition coefficient (Wildman–Crippen LogP) is 0.0640. The second kappa shape index (κ2) is 9.25. The monoisotopic (exact) mass is 379 g/mol. The van der Waals surface area contributed by atoms with Crippen LogP contribution in [0.2, 0.25) is 0 Å². The number of nitrogens with one attached hydrogen (secondary N) is 3. The largest absolute Gasteiger partial charge is 0.355 e. The molecule has 1 fully saturated rings. The van der Waals surface area contributed by atoms with E-state index in [1.807, 2.05) is 6.92 Å². The van der Waals surface area contributed by atoms with Crippen LogP contribution in [-0.4, -0.2) is 50.9 Å². The molecule has 9 nitrogen and oxygen atoms in total. The van der Waals surface area contributed by atoms with Crippen molar-refractivity contribution in [2.24, 2.45) is 0 Å². The lowest BCUT2D eigenvalue weighted by molar-refractivity contribution is -0.122. The predicted molar refractivity (Wildman–Crippen MR) is 96.8 cm³/mol. The minimum atomic E-state index is -0.205. The third-order valence-electron chi connectivity index (χ3n) is 4.08. The van der Waals surface area contributed by atoms with Gasteiger partial charge in [0.2, 0.25) is 5.91 Å². The number of hydrogen-bond donors (Lipinski definition) is 3. The lowest BCUT2D eigenvalue weighted by atomic mass is 10.1. The first-order valence-electron chi connectivity index (χ1n) is 8.27. The van der Waals surface area contributed by atoms with Gasteiger partial charge in [-0.1, -0.05) is 5.21 Å². The van der Waals surface area contributed by atoms with E-state index < -0.39 is 0 Å². The third kappa shape index (κ3) is 4.77. The van der Waals surface area contributed by atoms with E-state index in [1.165, 1.54) is 0 Å². The molecule has 2 aromatic rings. The lowest BCUT2D eigenvalue weighted by Gasteiger charge is -2.10. The molecular weight excluding hydrogens is 358 g/mol. The summed E-state index contributed by atoms with van der Waals surface area (Å²) in [6, 6.07) is 3.17. The number of carbonyl (C=O) groups excluding carboxylic acids is 2. The summed E-state index contributed by atoms with van der Waals surface area (Å²) in [7, 11) is 0. The summed E-state index contributed by atoms with van der Waals surface area (Å²) in [5.74, 6) is -0.175. The van der Waals surface area contributed by atoms with Crippen molar-refractivity contribution in [1.29, 1.82) is 0 Å². The van der Waals surface area contributed by atoms with Crippen LogP contribution < -0.4 is 16.0 Å². The molecule has 26 heavy (non-hydrogen) atoms. The van der Waals surface area contributed by atoms with Crippen LogP contribution in [0.1, 0.15) is 35.4 Å². The molecule has 2 aromatic heterocycles. The number of halogens is 1. The van der Waals surface area contributed by atoms with Gasteiger partial charge in [0.15, 0.2) is 0 Å². The molecule has 3 N–H and O–H groups in total. The Balaban J connectivity index is 0.00000243. The van der Waals surface area contributed by atoms with Crippen LogP contribution in [0.3, 0.4) is 0 Å². The first-order chi connectivity index (χ1) is 12.2. The molecular formula is C16H22ClN7O2. The summed E-state index contributed by atoms with van der Waals surface area (Å²) in [5, 5.41) is 17.0. The van der Waals surface area contributed by atoms with E-state index in [-0.39, 0.29) is 36.3 Å². The Kier molecular flexibility index (Phi) is 7.05. The van der Waals surface area contributed by atoms with Gasteiger partial charge < -0.3 is 16.0 Å². The third-order valence-corrected chi connectivity index (χ3v) is 4.08. The zero-order chi connectivity index (χ0) is 17.6. The van der Waals surface area contributed by atoms with Gasteiger partial charge in [0, 0.05) is 31.0 Å². The summed E-state index contributed by atoms with van der Waals surface area (Å²) in [4.78, 5) is 27.8. The van der Waals surface area contributed by atoms with Crippen molar-refractivity contribution in [1.82, 2.24) is 35.9 Å². The summed E-state index contributed by atoms with van der Waals surface area (Å²) < 4.78 is 1.75. The summed E-state index contributed by atoms with van der Waals surface area (Å²) in [6.07, 6.45) is 5.62. The number of likely N-dealkylation sites (N-methyl/N-ethyl adjacent to an activating group) is 1. The molecule has 0 bridgehead atoms. The molecule has 2 amide bonds. The molecule has 10 heteroatoms. The second-order valence-electron chi connectivity index (χ2n) is 5.85. The number of aromatic nitrogens is 4. The number of rotatable bonds is 6. The Bertz CT molecular complexity index is 737. The van der Waals surface area contributed by atoms with Crippen molar-refractivity contribution in [2.45, 2.75) is 32.0 Å².